The van der Waals surface area contributed by atoms with E-state index in [1.807, 2.05) is 25.1 Å². The maximum absolute atomic E-state index is 12.7. The molecule has 0 saturated carbocycles. The van der Waals surface area contributed by atoms with E-state index in [1.165, 1.54) is 22.5 Å². The van der Waals surface area contributed by atoms with E-state index in [9.17, 15) is 14.4 Å². The largest absolute Gasteiger partial charge is 0.445 e. The molecule has 1 fully saturated rings. The van der Waals surface area contributed by atoms with Crippen molar-refractivity contribution in [2.24, 2.45) is 0 Å². The zero-order valence-electron chi connectivity index (χ0n) is 20.0. The fraction of sp³-hybridized carbons (Fsp3) is 0.308. The van der Waals surface area contributed by atoms with Gasteiger partial charge in [-0.2, -0.15) is 0 Å². The minimum Gasteiger partial charge on any atom is -0.445 e. The van der Waals surface area contributed by atoms with Crippen molar-refractivity contribution in [1.82, 2.24) is 14.9 Å². The van der Waals surface area contributed by atoms with Gasteiger partial charge in [-0.15, -0.1) is 11.3 Å². The number of piperidine rings is 1. The van der Waals surface area contributed by atoms with Gasteiger partial charge in [-0.1, -0.05) is 18.2 Å². The molecule has 10 heteroatoms. The highest BCUT2D eigenvalue weighted by Crippen LogP contribution is 2.31. The summed E-state index contributed by atoms with van der Waals surface area (Å²) in [5, 5.41) is 5.42. The molecule has 1 saturated heterocycles. The number of aryl methyl sites for hydroxylation is 2. The molecular formula is C26H26N4O5S. The standard InChI is InChI=1S/C26H26N4O5S/c1-15-3-4-17(11-16(15)2)13-34-26(33)30-9-7-18(8-10-30)24-28-21(14-36-24)23(31)27-19-5-6-20-22(12-19)35-25(32)29-20/h3-6,11-12,14,18H,7-10,13H2,1-2H3,(H,27,31)(H,29,32). The summed E-state index contributed by atoms with van der Waals surface area (Å²) in [5.74, 6) is -0.689. The lowest BCUT2D eigenvalue weighted by Crippen LogP contribution is -2.38. The Morgan fingerprint density at radius 1 is 1.17 bits per heavy atom. The summed E-state index contributed by atoms with van der Waals surface area (Å²) in [6.45, 7) is 5.52. The molecule has 2 N–H and O–H groups in total. The molecule has 2 aromatic heterocycles. The van der Waals surface area contributed by atoms with Crippen LogP contribution >= 0.6 is 11.3 Å². The third-order valence-electron chi connectivity index (χ3n) is 6.47. The Balaban J connectivity index is 1.13. The van der Waals surface area contributed by atoms with Gasteiger partial charge in [0.2, 0.25) is 0 Å². The van der Waals surface area contributed by atoms with Crippen LogP contribution < -0.4 is 11.1 Å². The summed E-state index contributed by atoms with van der Waals surface area (Å²) in [7, 11) is 0. The van der Waals surface area contributed by atoms with E-state index >= 15 is 0 Å². The van der Waals surface area contributed by atoms with Gasteiger partial charge in [0, 0.05) is 36.1 Å². The highest BCUT2D eigenvalue weighted by molar-refractivity contribution is 7.10. The van der Waals surface area contributed by atoms with Crippen LogP contribution in [-0.2, 0) is 11.3 Å². The zero-order valence-corrected chi connectivity index (χ0v) is 20.8. The fourth-order valence-corrected chi connectivity index (χ4v) is 5.21. The second-order valence-electron chi connectivity index (χ2n) is 8.99. The molecule has 2 aromatic carbocycles. The average molecular weight is 507 g/mol. The molecule has 9 nitrogen and oxygen atoms in total. The van der Waals surface area contributed by atoms with Gasteiger partial charge in [-0.05, 0) is 55.5 Å². The minimum atomic E-state index is -0.543. The second-order valence-corrected chi connectivity index (χ2v) is 9.87. The van der Waals surface area contributed by atoms with Crippen molar-refractivity contribution in [3.8, 4) is 0 Å². The summed E-state index contributed by atoms with van der Waals surface area (Å²) in [6, 6.07) is 11.0. The number of oxazole rings is 1. The number of hydrogen-bond donors (Lipinski definition) is 2. The predicted molar refractivity (Wildman–Crippen MR) is 137 cm³/mol. The first-order valence-corrected chi connectivity index (χ1v) is 12.6. The third-order valence-corrected chi connectivity index (χ3v) is 7.48. The highest BCUT2D eigenvalue weighted by Gasteiger charge is 2.27. The number of thiazole rings is 1. The van der Waals surface area contributed by atoms with Crippen LogP contribution in [0, 0.1) is 13.8 Å². The van der Waals surface area contributed by atoms with Gasteiger partial charge in [0.1, 0.15) is 12.3 Å². The molecule has 3 heterocycles. The summed E-state index contributed by atoms with van der Waals surface area (Å²) in [4.78, 5) is 45.4. The number of aromatic nitrogens is 2. The molecule has 0 unspecified atom stereocenters. The Bertz CT molecular complexity index is 1480. The van der Waals surface area contributed by atoms with E-state index in [2.05, 4.69) is 22.2 Å². The molecule has 1 aliphatic rings. The van der Waals surface area contributed by atoms with E-state index in [1.54, 1.807) is 28.5 Å². The molecule has 0 aliphatic carbocycles. The Morgan fingerprint density at radius 3 is 2.75 bits per heavy atom. The lowest BCUT2D eigenvalue weighted by molar-refractivity contribution is 0.0870. The molecule has 0 bridgehead atoms. The Labute approximate surface area is 211 Å². The fourth-order valence-electron chi connectivity index (χ4n) is 4.24. The van der Waals surface area contributed by atoms with Crippen LogP contribution in [0.1, 0.15) is 50.9 Å². The highest BCUT2D eigenvalue weighted by atomic mass is 32.1. The van der Waals surface area contributed by atoms with Crippen molar-refractivity contribution < 1.29 is 18.7 Å². The van der Waals surface area contributed by atoms with Crippen LogP contribution in [0.15, 0.2) is 51.0 Å². The monoisotopic (exact) mass is 506 g/mol. The predicted octanol–water partition coefficient (Wildman–Crippen LogP) is 4.96. The number of likely N-dealkylation sites (tertiary alicyclic amines) is 1. The van der Waals surface area contributed by atoms with Crippen molar-refractivity contribution in [1.29, 1.82) is 0 Å². The number of carbonyl (C=O) groups is 2. The van der Waals surface area contributed by atoms with Gasteiger partial charge < -0.3 is 19.4 Å². The average Bonchev–Trinajstić information content (AvgIpc) is 3.51. The van der Waals surface area contributed by atoms with Crippen molar-refractivity contribution in [2.75, 3.05) is 18.4 Å². The number of aromatic amines is 1. The number of anilines is 1. The SMILES string of the molecule is Cc1ccc(COC(=O)N2CCC(c3nc(C(=O)Nc4ccc5[nH]c(=O)oc5c4)cs3)CC2)cc1C. The molecule has 0 spiro atoms. The van der Waals surface area contributed by atoms with Crippen LogP contribution in [0.3, 0.4) is 0 Å². The molecule has 2 amide bonds. The Morgan fingerprint density at radius 2 is 1.97 bits per heavy atom. The van der Waals surface area contributed by atoms with E-state index in [4.69, 9.17) is 9.15 Å². The summed E-state index contributed by atoms with van der Waals surface area (Å²) >= 11 is 1.45. The van der Waals surface area contributed by atoms with Gasteiger partial charge in [0.05, 0.1) is 10.5 Å². The second kappa shape index (κ2) is 9.98. The molecule has 0 radical (unpaired) electrons. The number of nitrogens with zero attached hydrogens (tertiary/aromatic N) is 2. The van der Waals surface area contributed by atoms with E-state index in [-0.39, 0.29) is 24.5 Å². The Kier molecular flexibility index (Phi) is 6.60. The zero-order chi connectivity index (χ0) is 25.2. The summed E-state index contributed by atoms with van der Waals surface area (Å²) in [5.41, 5.74) is 5.15. The molecule has 4 aromatic rings. The lowest BCUT2D eigenvalue weighted by Gasteiger charge is -2.30. The summed E-state index contributed by atoms with van der Waals surface area (Å²) in [6.07, 6.45) is 1.22. The molecule has 1 aliphatic heterocycles. The first-order valence-electron chi connectivity index (χ1n) is 11.7. The normalized spacial score (nSPS) is 14.2. The quantitative estimate of drug-likeness (QED) is 0.395. The van der Waals surface area contributed by atoms with E-state index in [0.29, 0.717) is 35.6 Å². The van der Waals surface area contributed by atoms with E-state index in [0.717, 1.165) is 23.4 Å². The number of benzene rings is 2. The first-order chi connectivity index (χ1) is 17.4. The molecule has 186 valence electrons. The number of fused-ring (bicyclic) bond motifs is 1. The molecule has 36 heavy (non-hydrogen) atoms. The maximum atomic E-state index is 12.7. The van der Waals surface area contributed by atoms with Crippen LogP contribution in [0.25, 0.3) is 11.1 Å². The van der Waals surface area contributed by atoms with Crippen LogP contribution in [0.4, 0.5) is 10.5 Å². The number of hydrogen-bond acceptors (Lipinski definition) is 7. The number of carbonyl (C=O) groups excluding carboxylic acids is 2. The van der Waals surface area contributed by atoms with Crippen molar-refractivity contribution in [3.05, 3.63) is 79.7 Å². The Hall–Kier alpha value is -3.92. The number of rotatable bonds is 5. The minimum absolute atomic E-state index is 0.186. The van der Waals surface area contributed by atoms with Crippen LogP contribution in [-0.4, -0.2) is 40.0 Å². The van der Waals surface area contributed by atoms with Gasteiger partial charge in [0.25, 0.3) is 5.91 Å². The first kappa shape index (κ1) is 23.8. The van der Waals surface area contributed by atoms with Crippen LogP contribution in [0.5, 0.6) is 0 Å². The number of H-pyrrole nitrogens is 1. The topological polar surface area (TPSA) is 118 Å². The maximum Gasteiger partial charge on any atom is 0.417 e. The van der Waals surface area contributed by atoms with Crippen LogP contribution in [0.2, 0.25) is 0 Å². The molecule has 0 atom stereocenters. The molecular weight excluding hydrogens is 480 g/mol. The van der Waals surface area contributed by atoms with E-state index < -0.39 is 5.76 Å². The smallest absolute Gasteiger partial charge is 0.417 e. The third kappa shape index (κ3) is 5.18. The van der Waals surface area contributed by atoms with Gasteiger partial charge >= 0.3 is 11.8 Å². The van der Waals surface area contributed by atoms with Gasteiger partial charge in [0.15, 0.2) is 5.58 Å². The van der Waals surface area contributed by atoms with Gasteiger partial charge in [-0.25, -0.2) is 14.6 Å². The van der Waals surface area contributed by atoms with Crippen molar-refractivity contribution in [2.45, 2.75) is 39.2 Å². The summed E-state index contributed by atoms with van der Waals surface area (Å²) < 4.78 is 10.6. The number of nitrogens with one attached hydrogen (secondary N) is 2. The van der Waals surface area contributed by atoms with Crippen molar-refractivity contribution in [3.63, 3.8) is 0 Å². The lowest BCUT2D eigenvalue weighted by atomic mass is 9.98. The molecule has 5 rings (SSSR count). The number of ether oxygens (including phenoxy) is 1. The van der Waals surface area contributed by atoms with Crippen molar-refractivity contribution >= 4 is 40.1 Å². The number of amides is 2. The van der Waals surface area contributed by atoms with Gasteiger partial charge in [-0.3, -0.25) is 9.78 Å².